The lowest BCUT2D eigenvalue weighted by molar-refractivity contribution is -0.127. The summed E-state index contributed by atoms with van der Waals surface area (Å²) >= 11 is 0. The minimum absolute atomic E-state index is 0.0153. The molecule has 0 unspecified atom stereocenters. The molecule has 0 spiro atoms. The van der Waals surface area contributed by atoms with E-state index in [0.717, 1.165) is 19.4 Å². The van der Waals surface area contributed by atoms with Gasteiger partial charge < -0.3 is 16.4 Å². The summed E-state index contributed by atoms with van der Waals surface area (Å²) in [4.78, 5) is 23.2. The topological polar surface area (TPSA) is 84.2 Å². The van der Waals surface area contributed by atoms with Crippen molar-refractivity contribution in [1.82, 2.24) is 10.6 Å². The molecule has 0 aromatic rings. The van der Waals surface area contributed by atoms with Crippen molar-refractivity contribution >= 4 is 11.8 Å². The van der Waals surface area contributed by atoms with E-state index in [1.165, 1.54) is 12.8 Å². The lowest BCUT2D eigenvalue weighted by Gasteiger charge is -2.17. The molecule has 1 rings (SSSR count). The van der Waals surface area contributed by atoms with E-state index in [1.54, 1.807) is 0 Å². The molecule has 0 aromatic heterocycles. The van der Waals surface area contributed by atoms with Crippen LogP contribution in [0, 0.1) is 11.3 Å². The molecule has 110 valence electrons. The molecule has 0 heterocycles. The van der Waals surface area contributed by atoms with Gasteiger partial charge in [-0.3, -0.25) is 9.59 Å². The number of nitrogens with two attached hydrogens (primary N) is 1. The zero-order chi connectivity index (χ0) is 14.5. The van der Waals surface area contributed by atoms with Gasteiger partial charge in [0.15, 0.2) is 0 Å². The molecule has 0 radical (unpaired) electrons. The van der Waals surface area contributed by atoms with Crippen LogP contribution < -0.4 is 16.4 Å². The lowest BCUT2D eigenvalue weighted by atomic mass is 10.0. The highest BCUT2D eigenvalue weighted by Gasteiger charge is 2.41. The molecule has 19 heavy (non-hydrogen) atoms. The Kier molecular flexibility index (Phi) is 5.79. The Morgan fingerprint density at radius 2 is 1.89 bits per heavy atom. The molecule has 4 N–H and O–H groups in total. The van der Waals surface area contributed by atoms with E-state index in [4.69, 9.17) is 5.73 Å². The maximum Gasteiger partial charge on any atom is 0.239 e. The molecule has 2 amide bonds. The number of carbonyl (C=O) groups excluding carboxylic acids is 2. The predicted molar refractivity (Wildman–Crippen MR) is 75.4 cm³/mol. The van der Waals surface area contributed by atoms with Crippen LogP contribution in [0.5, 0.6) is 0 Å². The summed E-state index contributed by atoms with van der Waals surface area (Å²) in [5.74, 6) is -0.325. The Balaban J connectivity index is 2.20. The van der Waals surface area contributed by atoms with Crippen LogP contribution in [0.2, 0.25) is 0 Å². The van der Waals surface area contributed by atoms with Gasteiger partial charge in [0, 0.05) is 6.54 Å². The predicted octanol–water partition coefficient (Wildman–Crippen LogP) is 0.782. The summed E-state index contributed by atoms with van der Waals surface area (Å²) in [6.45, 7) is 6.67. The van der Waals surface area contributed by atoms with Gasteiger partial charge in [-0.1, -0.05) is 27.2 Å². The van der Waals surface area contributed by atoms with Gasteiger partial charge >= 0.3 is 0 Å². The first-order chi connectivity index (χ1) is 8.90. The van der Waals surface area contributed by atoms with Crippen LogP contribution in [-0.2, 0) is 9.59 Å². The summed E-state index contributed by atoms with van der Waals surface area (Å²) in [7, 11) is 0. The molecule has 0 saturated heterocycles. The fraction of sp³-hybridized carbons (Fsp3) is 0.857. The highest BCUT2D eigenvalue weighted by molar-refractivity contribution is 5.87. The van der Waals surface area contributed by atoms with Gasteiger partial charge in [-0.2, -0.15) is 0 Å². The molecule has 0 aromatic carbocycles. The number of hydrogen-bond donors (Lipinski definition) is 3. The molecule has 1 fully saturated rings. The Labute approximate surface area is 115 Å². The van der Waals surface area contributed by atoms with Crippen molar-refractivity contribution in [3.63, 3.8) is 0 Å². The molecule has 0 aliphatic heterocycles. The normalized spacial score (nSPS) is 17.9. The van der Waals surface area contributed by atoms with E-state index < -0.39 is 6.04 Å². The van der Waals surface area contributed by atoms with Crippen molar-refractivity contribution in [2.45, 2.75) is 52.5 Å². The van der Waals surface area contributed by atoms with E-state index in [0.29, 0.717) is 5.41 Å². The van der Waals surface area contributed by atoms with Crippen LogP contribution in [0.25, 0.3) is 0 Å². The molecule has 1 saturated carbocycles. The monoisotopic (exact) mass is 269 g/mol. The number of hydrogen-bond acceptors (Lipinski definition) is 3. The van der Waals surface area contributed by atoms with Crippen molar-refractivity contribution < 1.29 is 9.59 Å². The number of carbonyl (C=O) groups is 2. The van der Waals surface area contributed by atoms with Gasteiger partial charge in [0.25, 0.3) is 0 Å². The maximum atomic E-state index is 11.7. The maximum absolute atomic E-state index is 11.7. The molecule has 1 atom stereocenters. The van der Waals surface area contributed by atoms with E-state index in [-0.39, 0.29) is 24.3 Å². The third kappa shape index (κ3) is 5.19. The van der Waals surface area contributed by atoms with Crippen molar-refractivity contribution in [3.8, 4) is 0 Å². The van der Waals surface area contributed by atoms with E-state index in [9.17, 15) is 9.59 Å². The minimum atomic E-state index is -0.553. The minimum Gasteiger partial charge on any atom is -0.354 e. The summed E-state index contributed by atoms with van der Waals surface area (Å²) < 4.78 is 0. The Bertz CT molecular complexity index is 325. The van der Waals surface area contributed by atoms with E-state index >= 15 is 0 Å². The van der Waals surface area contributed by atoms with Crippen LogP contribution in [0.3, 0.4) is 0 Å². The van der Waals surface area contributed by atoms with Gasteiger partial charge in [0.2, 0.25) is 11.8 Å². The molecular weight excluding hydrogens is 242 g/mol. The summed E-state index contributed by atoms with van der Waals surface area (Å²) in [5.41, 5.74) is 6.03. The smallest absolute Gasteiger partial charge is 0.239 e. The van der Waals surface area contributed by atoms with Crippen molar-refractivity contribution in [2.75, 3.05) is 13.1 Å². The highest BCUT2D eigenvalue weighted by Crippen LogP contribution is 2.48. The molecular formula is C14H27N3O2. The number of nitrogens with one attached hydrogen (secondary N) is 2. The Morgan fingerprint density at radius 3 is 2.37 bits per heavy atom. The van der Waals surface area contributed by atoms with Gasteiger partial charge in [0.1, 0.15) is 0 Å². The lowest BCUT2D eigenvalue weighted by Crippen LogP contribution is -2.47. The first-order valence-corrected chi connectivity index (χ1v) is 7.20. The van der Waals surface area contributed by atoms with Gasteiger partial charge in [0.05, 0.1) is 12.6 Å². The second-order valence-electron chi connectivity index (χ2n) is 6.01. The SMILES string of the molecule is CCCC1(CNC(=O)CNC(=O)[C@@H](N)C(C)C)CC1. The van der Waals surface area contributed by atoms with Crippen LogP contribution >= 0.6 is 0 Å². The van der Waals surface area contributed by atoms with Crippen molar-refractivity contribution in [1.29, 1.82) is 0 Å². The van der Waals surface area contributed by atoms with Crippen LogP contribution in [0.4, 0.5) is 0 Å². The fourth-order valence-electron chi connectivity index (χ4n) is 2.16. The third-order valence-corrected chi connectivity index (χ3v) is 3.84. The largest absolute Gasteiger partial charge is 0.354 e. The summed E-state index contributed by atoms with van der Waals surface area (Å²) in [6, 6.07) is -0.553. The molecule has 1 aliphatic rings. The second-order valence-corrected chi connectivity index (χ2v) is 6.01. The third-order valence-electron chi connectivity index (χ3n) is 3.84. The van der Waals surface area contributed by atoms with E-state index in [1.807, 2.05) is 13.8 Å². The first kappa shape index (κ1) is 16.0. The number of rotatable bonds is 8. The average molecular weight is 269 g/mol. The quantitative estimate of drug-likeness (QED) is 0.609. The Hall–Kier alpha value is -1.10. The first-order valence-electron chi connectivity index (χ1n) is 7.20. The summed E-state index contributed by atoms with van der Waals surface area (Å²) in [5, 5.41) is 5.48. The van der Waals surface area contributed by atoms with Crippen molar-refractivity contribution in [2.24, 2.45) is 17.1 Å². The highest BCUT2D eigenvalue weighted by atomic mass is 16.2. The standard InChI is InChI=1S/C14H27N3O2/c1-4-5-14(6-7-14)9-17-11(18)8-16-13(19)12(15)10(2)3/h10,12H,4-9,15H2,1-3H3,(H,16,19)(H,17,18)/t12-/m0/s1. The summed E-state index contributed by atoms with van der Waals surface area (Å²) in [6.07, 6.45) is 4.71. The van der Waals surface area contributed by atoms with Crippen LogP contribution in [0.1, 0.15) is 46.5 Å². The zero-order valence-electron chi connectivity index (χ0n) is 12.3. The number of amides is 2. The fourth-order valence-corrected chi connectivity index (χ4v) is 2.16. The van der Waals surface area contributed by atoms with Crippen LogP contribution in [-0.4, -0.2) is 30.9 Å². The van der Waals surface area contributed by atoms with Gasteiger partial charge in [-0.05, 0) is 30.6 Å². The average Bonchev–Trinajstić information content (AvgIpc) is 3.13. The van der Waals surface area contributed by atoms with Crippen LogP contribution in [0.15, 0.2) is 0 Å². The molecule has 5 heteroatoms. The zero-order valence-corrected chi connectivity index (χ0v) is 12.3. The molecule has 5 nitrogen and oxygen atoms in total. The second kappa shape index (κ2) is 6.89. The Morgan fingerprint density at radius 1 is 1.26 bits per heavy atom. The molecule has 1 aliphatic carbocycles. The van der Waals surface area contributed by atoms with Crippen molar-refractivity contribution in [3.05, 3.63) is 0 Å². The van der Waals surface area contributed by atoms with E-state index in [2.05, 4.69) is 17.6 Å². The molecule has 0 bridgehead atoms. The van der Waals surface area contributed by atoms with Gasteiger partial charge in [-0.15, -0.1) is 0 Å². The van der Waals surface area contributed by atoms with Gasteiger partial charge in [-0.25, -0.2) is 0 Å².